The second-order valence-corrected chi connectivity index (χ2v) is 5.61. The van der Waals surface area contributed by atoms with Crippen molar-refractivity contribution in [1.29, 1.82) is 0 Å². The standard InChI is InChI=1S/C13H21N3O3/c17-12-3-5-16(13(18)6-14-12)8-11-7-15-4-1-2-10(15)9-19-11/h10-11H,1-9H2,(H,14,17). The van der Waals surface area contributed by atoms with Crippen LogP contribution < -0.4 is 5.32 Å². The Morgan fingerprint density at radius 2 is 2.21 bits per heavy atom. The molecule has 2 amide bonds. The topological polar surface area (TPSA) is 61.9 Å². The zero-order valence-corrected chi connectivity index (χ0v) is 11.1. The molecule has 6 heteroatoms. The van der Waals surface area contributed by atoms with Crippen molar-refractivity contribution < 1.29 is 14.3 Å². The van der Waals surface area contributed by atoms with Crippen LogP contribution in [-0.4, -0.2) is 73.1 Å². The third-order valence-electron chi connectivity index (χ3n) is 4.28. The highest BCUT2D eigenvalue weighted by atomic mass is 16.5. The van der Waals surface area contributed by atoms with Gasteiger partial charge in [0, 0.05) is 32.1 Å². The summed E-state index contributed by atoms with van der Waals surface area (Å²) in [6.45, 7) is 4.08. The average molecular weight is 267 g/mol. The van der Waals surface area contributed by atoms with Crippen molar-refractivity contribution in [2.45, 2.75) is 31.4 Å². The van der Waals surface area contributed by atoms with E-state index in [4.69, 9.17) is 4.74 Å². The van der Waals surface area contributed by atoms with E-state index in [9.17, 15) is 9.59 Å². The third-order valence-corrected chi connectivity index (χ3v) is 4.28. The summed E-state index contributed by atoms with van der Waals surface area (Å²) >= 11 is 0. The van der Waals surface area contributed by atoms with E-state index in [0.29, 0.717) is 25.6 Å². The van der Waals surface area contributed by atoms with Crippen molar-refractivity contribution in [2.75, 3.05) is 39.3 Å². The SMILES string of the molecule is O=C1CCN(CC2CN3CCCC3CO2)C(=O)CN1. The molecule has 3 fully saturated rings. The molecule has 3 heterocycles. The van der Waals surface area contributed by atoms with Crippen molar-refractivity contribution in [1.82, 2.24) is 15.1 Å². The van der Waals surface area contributed by atoms with Gasteiger partial charge in [-0.05, 0) is 19.4 Å². The summed E-state index contributed by atoms with van der Waals surface area (Å²) in [5, 5.41) is 2.62. The molecule has 3 saturated heterocycles. The van der Waals surface area contributed by atoms with Gasteiger partial charge in [0.1, 0.15) is 0 Å². The number of rotatable bonds is 2. The Hall–Kier alpha value is -1.14. The average Bonchev–Trinajstić information content (AvgIpc) is 2.81. The number of hydrogen-bond donors (Lipinski definition) is 1. The molecule has 3 aliphatic heterocycles. The number of carbonyl (C=O) groups is 2. The van der Waals surface area contributed by atoms with E-state index in [2.05, 4.69) is 10.2 Å². The molecule has 1 N–H and O–H groups in total. The first kappa shape index (κ1) is 12.9. The first-order valence-electron chi connectivity index (χ1n) is 7.12. The van der Waals surface area contributed by atoms with Crippen LogP contribution in [0.5, 0.6) is 0 Å². The van der Waals surface area contributed by atoms with Crippen LogP contribution in [0.2, 0.25) is 0 Å². The first-order valence-corrected chi connectivity index (χ1v) is 7.12. The molecule has 3 rings (SSSR count). The molecule has 0 radical (unpaired) electrons. The van der Waals surface area contributed by atoms with Crippen molar-refractivity contribution >= 4 is 11.8 Å². The number of nitrogens with zero attached hydrogens (tertiary/aromatic N) is 2. The highest BCUT2D eigenvalue weighted by Crippen LogP contribution is 2.23. The maximum absolute atomic E-state index is 11.9. The normalized spacial score (nSPS) is 32.9. The molecule has 6 nitrogen and oxygen atoms in total. The Balaban J connectivity index is 1.55. The highest BCUT2D eigenvalue weighted by molar-refractivity contribution is 5.87. The summed E-state index contributed by atoms with van der Waals surface area (Å²) in [6, 6.07) is 0.583. The largest absolute Gasteiger partial charge is 0.373 e. The first-order chi connectivity index (χ1) is 9.22. The zero-order chi connectivity index (χ0) is 13.2. The van der Waals surface area contributed by atoms with Crippen LogP contribution in [0.25, 0.3) is 0 Å². The summed E-state index contributed by atoms with van der Waals surface area (Å²) in [5.41, 5.74) is 0. The van der Waals surface area contributed by atoms with Crippen LogP contribution in [-0.2, 0) is 14.3 Å². The number of hydrogen-bond acceptors (Lipinski definition) is 4. The lowest BCUT2D eigenvalue weighted by atomic mass is 10.2. The lowest BCUT2D eigenvalue weighted by molar-refractivity contribution is -0.133. The van der Waals surface area contributed by atoms with E-state index in [1.807, 2.05) is 0 Å². The molecule has 0 saturated carbocycles. The summed E-state index contributed by atoms with van der Waals surface area (Å²) in [5.74, 6) is -0.0435. The fourth-order valence-corrected chi connectivity index (χ4v) is 3.17. The van der Waals surface area contributed by atoms with E-state index < -0.39 is 0 Å². The van der Waals surface area contributed by atoms with Gasteiger partial charge in [-0.2, -0.15) is 0 Å². The smallest absolute Gasteiger partial charge is 0.242 e. The molecule has 3 aliphatic rings. The molecule has 2 unspecified atom stereocenters. The van der Waals surface area contributed by atoms with Crippen molar-refractivity contribution in [2.24, 2.45) is 0 Å². The molecule has 0 aromatic heterocycles. The minimum atomic E-state index is -0.0416. The minimum absolute atomic E-state index is 0.00186. The second kappa shape index (κ2) is 5.46. The number of nitrogens with one attached hydrogen (secondary N) is 1. The number of morpholine rings is 1. The van der Waals surface area contributed by atoms with E-state index >= 15 is 0 Å². The van der Waals surface area contributed by atoms with E-state index in [-0.39, 0.29) is 24.5 Å². The van der Waals surface area contributed by atoms with Crippen LogP contribution in [0.4, 0.5) is 0 Å². The minimum Gasteiger partial charge on any atom is -0.373 e. The maximum Gasteiger partial charge on any atom is 0.242 e. The van der Waals surface area contributed by atoms with Gasteiger partial charge in [-0.15, -0.1) is 0 Å². The Bertz CT molecular complexity index is 374. The second-order valence-electron chi connectivity index (χ2n) is 5.61. The molecule has 19 heavy (non-hydrogen) atoms. The van der Waals surface area contributed by atoms with Gasteiger partial charge < -0.3 is 15.0 Å². The van der Waals surface area contributed by atoms with Crippen LogP contribution in [0.1, 0.15) is 19.3 Å². The van der Waals surface area contributed by atoms with Crippen LogP contribution in [0.3, 0.4) is 0 Å². The number of ether oxygens (including phenoxy) is 1. The zero-order valence-electron chi connectivity index (χ0n) is 11.1. The molecular formula is C13H21N3O3. The predicted molar refractivity (Wildman–Crippen MR) is 68.5 cm³/mol. The molecule has 0 spiro atoms. The van der Waals surface area contributed by atoms with Crippen LogP contribution >= 0.6 is 0 Å². The van der Waals surface area contributed by atoms with Gasteiger partial charge in [-0.1, -0.05) is 0 Å². The monoisotopic (exact) mass is 267 g/mol. The molecule has 0 aromatic rings. The maximum atomic E-state index is 11.9. The van der Waals surface area contributed by atoms with Crippen LogP contribution in [0.15, 0.2) is 0 Å². The van der Waals surface area contributed by atoms with Gasteiger partial charge in [0.2, 0.25) is 11.8 Å². The molecule has 2 atom stereocenters. The summed E-state index contributed by atoms with van der Waals surface area (Å²) in [7, 11) is 0. The summed E-state index contributed by atoms with van der Waals surface area (Å²) in [6.07, 6.45) is 2.96. The fraction of sp³-hybridized carbons (Fsp3) is 0.846. The van der Waals surface area contributed by atoms with E-state index in [1.165, 1.54) is 12.8 Å². The fourth-order valence-electron chi connectivity index (χ4n) is 3.17. The van der Waals surface area contributed by atoms with E-state index in [0.717, 1.165) is 19.7 Å². The van der Waals surface area contributed by atoms with Crippen molar-refractivity contribution in [3.05, 3.63) is 0 Å². The van der Waals surface area contributed by atoms with Gasteiger partial charge >= 0.3 is 0 Å². The molecule has 0 aromatic carbocycles. The molecule has 106 valence electrons. The van der Waals surface area contributed by atoms with E-state index in [1.54, 1.807) is 4.90 Å². The van der Waals surface area contributed by atoms with Gasteiger partial charge in [0.05, 0.1) is 19.3 Å². The molecular weight excluding hydrogens is 246 g/mol. The number of carbonyl (C=O) groups excluding carboxylic acids is 2. The quantitative estimate of drug-likeness (QED) is 0.711. The van der Waals surface area contributed by atoms with Gasteiger partial charge in [0.15, 0.2) is 0 Å². The Morgan fingerprint density at radius 1 is 1.32 bits per heavy atom. The predicted octanol–water partition coefficient (Wildman–Crippen LogP) is -0.802. The Morgan fingerprint density at radius 3 is 3.11 bits per heavy atom. The third kappa shape index (κ3) is 2.90. The highest BCUT2D eigenvalue weighted by Gasteiger charge is 2.33. The van der Waals surface area contributed by atoms with Gasteiger partial charge in [-0.25, -0.2) is 0 Å². The molecule has 0 bridgehead atoms. The van der Waals surface area contributed by atoms with Crippen molar-refractivity contribution in [3.63, 3.8) is 0 Å². The van der Waals surface area contributed by atoms with Crippen LogP contribution in [0, 0.1) is 0 Å². The van der Waals surface area contributed by atoms with Gasteiger partial charge in [0.25, 0.3) is 0 Å². The van der Waals surface area contributed by atoms with Gasteiger partial charge in [-0.3, -0.25) is 14.5 Å². The summed E-state index contributed by atoms with van der Waals surface area (Å²) < 4.78 is 5.87. The number of amides is 2. The lowest BCUT2D eigenvalue weighted by Crippen LogP contribution is -2.51. The Labute approximate surface area is 113 Å². The molecule has 0 aliphatic carbocycles. The summed E-state index contributed by atoms with van der Waals surface area (Å²) in [4.78, 5) is 27.4. The Kier molecular flexibility index (Phi) is 3.70. The lowest BCUT2D eigenvalue weighted by Gasteiger charge is -2.37. The van der Waals surface area contributed by atoms with Crippen molar-refractivity contribution in [3.8, 4) is 0 Å². The number of fused-ring (bicyclic) bond motifs is 1.